The molecule has 0 atom stereocenters. The number of nitrogens with zero attached hydrogens (tertiary/aromatic N) is 1. The predicted molar refractivity (Wildman–Crippen MR) is 106 cm³/mol. The first-order chi connectivity index (χ1) is 14.1. The summed E-state index contributed by atoms with van der Waals surface area (Å²) in [5.74, 6) is 1.15. The molecule has 1 aliphatic heterocycles. The van der Waals surface area contributed by atoms with Crippen LogP contribution in [0.3, 0.4) is 0 Å². The molecule has 2 heterocycles. The van der Waals surface area contributed by atoms with E-state index in [1.165, 1.54) is 0 Å². The van der Waals surface area contributed by atoms with E-state index < -0.39 is 0 Å². The van der Waals surface area contributed by atoms with Crippen LogP contribution in [0, 0.1) is 0 Å². The van der Waals surface area contributed by atoms with Gasteiger partial charge < -0.3 is 24.8 Å². The Bertz CT molecular complexity index is 1090. The van der Waals surface area contributed by atoms with Crippen LogP contribution < -0.4 is 24.8 Å². The molecule has 0 unspecified atom stereocenters. The topological polar surface area (TPSA) is 115 Å². The Kier molecular flexibility index (Phi) is 4.78. The standard InChI is InChI=1S/C20H18N4O5/c1-27-12-4-5-13(17(8-12)28-2)15-9-16(24-23-15)20(26)21-11-3-6-14-18(7-11)29-10-19(25)22-14/h3-9H,10H2,1-2H3,(H,21,26)(H,22,25)(H,23,24). The molecule has 9 nitrogen and oxygen atoms in total. The third-order valence-corrected chi connectivity index (χ3v) is 4.38. The Labute approximate surface area is 166 Å². The maximum absolute atomic E-state index is 12.6. The quantitative estimate of drug-likeness (QED) is 0.613. The molecule has 1 aromatic heterocycles. The number of ether oxygens (including phenoxy) is 3. The van der Waals surface area contributed by atoms with E-state index in [0.29, 0.717) is 34.3 Å². The number of benzene rings is 2. The lowest BCUT2D eigenvalue weighted by atomic mass is 10.1. The van der Waals surface area contributed by atoms with E-state index in [1.54, 1.807) is 50.6 Å². The van der Waals surface area contributed by atoms with Gasteiger partial charge in [0.2, 0.25) is 0 Å². The summed E-state index contributed by atoms with van der Waals surface area (Å²) in [6, 6.07) is 12.0. The first kappa shape index (κ1) is 18.4. The second kappa shape index (κ2) is 7.55. The lowest BCUT2D eigenvalue weighted by Crippen LogP contribution is -2.25. The van der Waals surface area contributed by atoms with Gasteiger partial charge in [-0.25, -0.2) is 0 Å². The fourth-order valence-corrected chi connectivity index (χ4v) is 2.94. The lowest BCUT2D eigenvalue weighted by molar-refractivity contribution is -0.118. The molecule has 0 spiro atoms. The van der Waals surface area contributed by atoms with E-state index in [1.807, 2.05) is 6.07 Å². The minimum atomic E-state index is -0.365. The first-order valence-corrected chi connectivity index (χ1v) is 8.73. The van der Waals surface area contributed by atoms with Crippen molar-refractivity contribution >= 4 is 23.2 Å². The summed E-state index contributed by atoms with van der Waals surface area (Å²) < 4.78 is 15.9. The monoisotopic (exact) mass is 394 g/mol. The van der Waals surface area contributed by atoms with Gasteiger partial charge in [-0.1, -0.05) is 0 Å². The smallest absolute Gasteiger partial charge is 0.273 e. The number of carbonyl (C=O) groups excluding carboxylic acids is 2. The zero-order valence-corrected chi connectivity index (χ0v) is 15.7. The van der Waals surface area contributed by atoms with Crippen LogP contribution in [-0.2, 0) is 4.79 Å². The van der Waals surface area contributed by atoms with E-state index >= 15 is 0 Å². The van der Waals surface area contributed by atoms with Gasteiger partial charge in [0.1, 0.15) is 22.9 Å². The third-order valence-electron chi connectivity index (χ3n) is 4.38. The Balaban J connectivity index is 1.53. The van der Waals surface area contributed by atoms with E-state index in [4.69, 9.17) is 14.2 Å². The summed E-state index contributed by atoms with van der Waals surface area (Å²) in [6.45, 7) is -0.0575. The summed E-state index contributed by atoms with van der Waals surface area (Å²) in [5.41, 5.74) is 2.66. The molecule has 2 aromatic carbocycles. The Morgan fingerprint density at radius 2 is 2.00 bits per heavy atom. The maximum Gasteiger partial charge on any atom is 0.273 e. The number of methoxy groups -OCH3 is 2. The number of nitrogens with one attached hydrogen (secondary N) is 3. The van der Waals surface area contributed by atoms with Crippen LogP contribution in [0.1, 0.15) is 10.5 Å². The molecule has 0 saturated heterocycles. The van der Waals surface area contributed by atoms with E-state index in [2.05, 4.69) is 20.8 Å². The van der Waals surface area contributed by atoms with E-state index in [0.717, 1.165) is 5.56 Å². The van der Waals surface area contributed by atoms with Gasteiger partial charge in [-0.15, -0.1) is 0 Å². The van der Waals surface area contributed by atoms with Crippen molar-refractivity contribution in [2.75, 3.05) is 31.5 Å². The minimum Gasteiger partial charge on any atom is -0.497 e. The van der Waals surface area contributed by atoms with Gasteiger partial charge in [0.05, 0.1) is 25.6 Å². The van der Waals surface area contributed by atoms with Gasteiger partial charge in [-0.05, 0) is 30.3 Å². The number of anilines is 2. The van der Waals surface area contributed by atoms with Crippen molar-refractivity contribution in [3.05, 3.63) is 48.2 Å². The summed E-state index contributed by atoms with van der Waals surface area (Å²) in [4.78, 5) is 23.9. The molecule has 4 rings (SSSR count). The number of hydrogen-bond acceptors (Lipinski definition) is 6. The molecular weight excluding hydrogens is 376 g/mol. The van der Waals surface area contributed by atoms with Crippen molar-refractivity contribution in [1.29, 1.82) is 0 Å². The highest BCUT2D eigenvalue weighted by atomic mass is 16.5. The zero-order chi connectivity index (χ0) is 20.4. The first-order valence-electron chi connectivity index (χ1n) is 8.73. The molecule has 9 heteroatoms. The van der Waals surface area contributed by atoms with Crippen molar-refractivity contribution in [3.63, 3.8) is 0 Å². The molecule has 0 radical (unpaired) electrons. The van der Waals surface area contributed by atoms with Gasteiger partial charge >= 0.3 is 0 Å². The highest BCUT2D eigenvalue weighted by Gasteiger charge is 2.18. The second-order valence-corrected chi connectivity index (χ2v) is 6.23. The van der Waals surface area contributed by atoms with Gasteiger partial charge in [0.15, 0.2) is 6.61 Å². The van der Waals surface area contributed by atoms with Crippen LogP contribution in [0.25, 0.3) is 11.3 Å². The number of hydrogen-bond donors (Lipinski definition) is 3. The third kappa shape index (κ3) is 3.70. The minimum absolute atomic E-state index is 0.0575. The summed E-state index contributed by atoms with van der Waals surface area (Å²) >= 11 is 0. The van der Waals surface area contributed by atoms with Crippen molar-refractivity contribution in [2.24, 2.45) is 0 Å². The maximum atomic E-state index is 12.6. The van der Waals surface area contributed by atoms with Crippen LogP contribution in [0.2, 0.25) is 0 Å². The molecule has 0 saturated carbocycles. The highest BCUT2D eigenvalue weighted by Crippen LogP contribution is 2.33. The lowest BCUT2D eigenvalue weighted by Gasteiger charge is -2.18. The van der Waals surface area contributed by atoms with Gasteiger partial charge in [-0.2, -0.15) is 5.10 Å². The average Bonchev–Trinajstić information content (AvgIpc) is 3.23. The summed E-state index contributed by atoms with van der Waals surface area (Å²) in [5, 5.41) is 12.4. The fourth-order valence-electron chi connectivity index (χ4n) is 2.94. The predicted octanol–water partition coefficient (Wildman–Crippen LogP) is 2.68. The zero-order valence-electron chi connectivity index (χ0n) is 15.7. The van der Waals surface area contributed by atoms with E-state index in [-0.39, 0.29) is 24.1 Å². The molecule has 0 aliphatic carbocycles. The summed E-state index contributed by atoms with van der Waals surface area (Å²) in [6.07, 6.45) is 0. The Hall–Kier alpha value is -4.01. The Morgan fingerprint density at radius 1 is 1.14 bits per heavy atom. The molecule has 0 fully saturated rings. The highest BCUT2D eigenvalue weighted by molar-refractivity contribution is 6.04. The van der Waals surface area contributed by atoms with Crippen molar-refractivity contribution < 1.29 is 23.8 Å². The molecular formula is C20H18N4O5. The van der Waals surface area contributed by atoms with Crippen LogP contribution in [0.15, 0.2) is 42.5 Å². The van der Waals surface area contributed by atoms with Crippen LogP contribution in [-0.4, -0.2) is 42.8 Å². The molecule has 2 amide bonds. The molecule has 3 aromatic rings. The van der Waals surface area contributed by atoms with Crippen molar-refractivity contribution in [2.45, 2.75) is 0 Å². The van der Waals surface area contributed by atoms with Crippen LogP contribution >= 0.6 is 0 Å². The van der Waals surface area contributed by atoms with Crippen LogP contribution in [0.5, 0.6) is 17.2 Å². The molecule has 3 N–H and O–H groups in total. The largest absolute Gasteiger partial charge is 0.497 e. The second-order valence-electron chi connectivity index (χ2n) is 6.23. The number of amides is 2. The number of fused-ring (bicyclic) bond motifs is 1. The van der Waals surface area contributed by atoms with E-state index in [9.17, 15) is 9.59 Å². The number of carbonyl (C=O) groups is 2. The molecule has 148 valence electrons. The normalized spacial score (nSPS) is 12.4. The SMILES string of the molecule is COc1ccc(-c2cc(C(=O)Nc3ccc4c(c3)OCC(=O)N4)[nH]n2)c(OC)c1. The number of aromatic amines is 1. The Morgan fingerprint density at radius 3 is 2.79 bits per heavy atom. The summed E-state index contributed by atoms with van der Waals surface area (Å²) in [7, 11) is 3.13. The van der Waals surface area contributed by atoms with Gasteiger partial charge in [0.25, 0.3) is 11.8 Å². The molecule has 1 aliphatic rings. The average molecular weight is 394 g/mol. The number of aromatic nitrogens is 2. The van der Waals surface area contributed by atoms with Gasteiger partial charge in [0, 0.05) is 23.4 Å². The number of rotatable bonds is 5. The van der Waals surface area contributed by atoms with Crippen molar-refractivity contribution in [3.8, 4) is 28.5 Å². The molecule has 0 bridgehead atoms. The fraction of sp³-hybridized carbons (Fsp3) is 0.150. The van der Waals surface area contributed by atoms with Gasteiger partial charge in [-0.3, -0.25) is 14.7 Å². The van der Waals surface area contributed by atoms with Crippen LogP contribution in [0.4, 0.5) is 11.4 Å². The number of H-pyrrole nitrogens is 1. The molecule has 29 heavy (non-hydrogen) atoms. The van der Waals surface area contributed by atoms with Crippen molar-refractivity contribution in [1.82, 2.24) is 10.2 Å².